The summed E-state index contributed by atoms with van der Waals surface area (Å²) in [5.41, 5.74) is 3.02. The van der Waals surface area contributed by atoms with E-state index in [0.29, 0.717) is 30.2 Å². The lowest BCUT2D eigenvalue weighted by molar-refractivity contribution is 0.0727. The number of amides is 1. The summed E-state index contributed by atoms with van der Waals surface area (Å²) in [5.74, 6) is 1.04. The summed E-state index contributed by atoms with van der Waals surface area (Å²) in [6.07, 6.45) is 0.874. The molecular weight excluding hydrogens is 278 g/mol. The van der Waals surface area contributed by atoms with E-state index in [1.54, 1.807) is 26.4 Å². The zero-order chi connectivity index (χ0) is 15.5. The Morgan fingerprint density at radius 1 is 0.955 bits per heavy atom. The third-order valence-electron chi connectivity index (χ3n) is 4.06. The van der Waals surface area contributed by atoms with Crippen LogP contribution >= 0.6 is 0 Å². The molecule has 0 radical (unpaired) electrons. The lowest BCUT2D eigenvalue weighted by Gasteiger charge is -2.29. The first kappa shape index (κ1) is 14.4. The molecule has 1 aliphatic heterocycles. The molecule has 0 atom stereocenters. The highest BCUT2D eigenvalue weighted by Gasteiger charge is 2.26. The maximum atomic E-state index is 12.9. The fraction of sp³-hybridized carbons (Fsp3) is 0.278. The Kier molecular flexibility index (Phi) is 4.00. The van der Waals surface area contributed by atoms with E-state index >= 15 is 0 Å². The fourth-order valence-electron chi connectivity index (χ4n) is 2.89. The number of carbonyl (C=O) groups excluding carboxylic acids is 1. The first-order chi connectivity index (χ1) is 10.7. The molecule has 0 fully saturated rings. The van der Waals surface area contributed by atoms with Crippen LogP contribution in [0, 0.1) is 0 Å². The van der Waals surface area contributed by atoms with Gasteiger partial charge in [0.1, 0.15) is 17.1 Å². The average molecular weight is 297 g/mol. The van der Waals surface area contributed by atoms with Crippen LogP contribution in [0.5, 0.6) is 11.5 Å². The zero-order valence-corrected chi connectivity index (χ0v) is 12.8. The Morgan fingerprint density at radius 2 is 1.59 bits per heavy atom. The zero-order valence-electron chi connectivity index (χ0n) is 12.8. The number of rotatable bonds is 3. The summed E-state index contributed by atoms with van der Waals surface area (Å²) >= 11 is 0. The van der Waals surface area contributed by atoms with Gasteiger partial charge >= 0.3 is 0 Å². The minimum absolute atomic E-state index is 0.0520. The molecule has 4 heteroatoms. The molecule has 0 bridgehead atoms. The van der Waals surface area contributed by atoms with Crippen LogP contribution in [0.1, 0.15) is 21.5 Å². The molecule has 0 spiro atoms. The molecular formula is C18H19NO3. The van der Waals surface area contributed by atoms with Crippen LogP contribution in [0.2, 0.25) is 0 Å². The second-order valence-electron chi connectivity index (χ2n) is 5.28. The Balaban J connectivity index is 1.93. The average Bonchev–Trinajstić information content (AvgIpc) is 2.59. The predicted octanol–water partition coefficient (Wildman–Crippen LogP) is 2.90. The second kappa shape index (κ2) is 6.10. The van der Waals surface area contributed by atoms with Gasteiger partial charge in [0.15, 0.2) is 0 Å². The van der Waals surface area contributed by atoms with Gasteiger partial charge in [-0.3, -0.25) is 4.79 Å². The van der Waals surface area contributed by atoms with E-state index in [9.17, 15) is 4.79 Å². The molecule has 2 aromatic rings. The first-order valence-electron chi connectivity index (χ1n) is 7.31. The number of hydrogen-bond donors (Lipinski definition) is 0. The van der Waals surface area contributed by atoms with E-state index < -0.39 is 0 Å². The summed E-state index contributed by atoms with van der Waals surface area (Å²) in [5, 5.41) is 0. The third-order valence-corrected chi connectivity index (χ3v) is 4.06. The van der Waals surface area contributed by atoms with Crippen LogP contribution in [0.4, 0.5) is 0 Å². The predicted molar refractivity (Wildman–Crippen MR) is 84.4 cm³/mol. The molecule has 1 aliphatic rings. The van der Waals surface area contributed by atoms with Gasteiger partial charge in [-0.1, -0.05) is 30.3 Å². The fourth-order valence-corrected chi connectivity index (χ4v) is 2.89. The van der Waals surface area contributed by atoms with Gasteiger partial charge in [-0.2, -0.15) is 0 Å². The normalized spacial score (nSPS) is 13.5. The summed E-state index contributed by atoms with van der Waals surface area (Å²) in [6.45, 7) is 1.33. The van der Waals surface area contributed by atoms with Crippen molar-refractivity contribution in [3.63, 3.8) is 0 Å². The van der Waals surface area contributed by atoms with Crippen molar-refractivity contribution in [1.82, 2.24) is 4.90 Å². The van der Waals surface area contributed by atoms with Crippen LogP contribution < -0.4 is 9.47 Å². The van der Waals surface area contributed by atoms with Gasteiger partial charge in [-0.25, -0.2) is 0 Å². The number of methoxy groups -OCH3 is 2. The smallest absolute Gasteiger partial charge is 0.261 e. The molecule has 0 N–H and O–H groups in total. The third kappa shape index (κ3) is 2.52. The summed E-state index contributed by atoms with van der Waals surface area (Å²) in [4.78, 5) is 14.8. The minimum atomic E-state index is -0.0520. The first-order valence-corrected chi connectivity index (χ1v) is 7.31. The Hall–Kier alpha value is -2.49. The highest BCUT2D eigenvalue weighted by Crippen LogP contribution is 2.31. The molecule has 0 aliphatic carbocycles. The van der Waals surface area contributed by atoms with Gasteiger partial charge < -0.3 is 14.4 Å². The molecule has 0 aromatic heterocycles. The molecule has 1 amide bonds. The van der Waals surface area contributed by atoms with Crippen LogP contribution in [0.3, 0.4) is 0 Å². The maximum Gasteiger partial charge on any atom is 0.261 e. The number of benzene rings is 2. The summed E-state index contributed by atoms with van der Waals surface area (Å²) in [7, 11) is 3.13. The number of ether oxygens (including phenoxy) is 2. The number of hydrogen-bond acceptors (Lipinski definition) is 3. The van der Waals surface area contributed by atoms with Crippen LogP contribution in [0.25, 0.3) is 0 Å². The molecule has 0 saturated carbocycles. The van der Waals surface area contributed by atoms with Crippen molar-refractivity contribution < 1.29 is 14.3 Å². The minimum Gasteiger partial charge on any atom is -0.496 e. The standard InChI is InChI=1S/C18H19NO3/c1-21-15-8-5-9-16(22-2)17(15)18(20)19-11-10-13-6-3-4-7-14(13)12-19/h3-9H,10-12H2,1-2H3. The van der Waals surface area contributed by atoms with E-state index in [2.05, 4.69) is 12.1 Å². The topological polar surface area (TPSA) is 38.8 Å². The van der Waals surface area contributed by atoms with Gasteiger partial charge in [0.25, 0.3) is 5.91 Å². The number of fused-ring (bicyclic) bond motifs is 1. The summed E-state index contributed by atoms with van der Waals surface area (Å²) < 4.78 is 10.7. The van der Waals surface area contributed by atoms with Crippen molar-refractivity contribution in [3.05, 3.63) is 59.2 Å². The van der Waals surface area contributed by atoms with E-state index in [0.717, 1.165) is 6.42 Å². The van der Waals surface area contributed by atoms with Crippen molar-refractivity contribution in [1.29, 1.82) is 0 Å². The largest absolute Gasteiger partial charge is 0.496 e. The van der Waals surface area contributed by atoms with Gasteiger partial charge in [0.05, 0.1) is 14.2 Å². The number of nitrogens with zero attached hydrogens (tertiary/aromatic N) is 1. The van der Waals surface area contributed by atoms with Crippen LogP contribution in [-0.2, 0) is 13.0 Å². The van der Waals surface area contributed by atoms with E-state index in [-0.39, 0.29) is 5.91 Å². The molecule has 2 aromatic carbocycles. The van der Waals surface area contributed by atoms with E-state index in [1.807, 2.05) is 23.1 Å². The quantitative estimate of drug-likeness (QED) is 0.874. The Bertz CT molecular complexity index is 674. The lowest BCUT2D eigenvalue weighted by Crippen LogP contribution is -2.36. The molecule has 4 nitrogen and oxygen atoms in total. The van der Waals surface area contributed by atoms with Gasteiger partial charge in [0.2, 0.25) is 0 Å². The van der Waals surface area contributed by atoms with Crippen molar-refractivity contribution in [2.75, 3.05) is 20.8 Å². The molecule has 3 rings (SSSR count). The van der Waals surface area contributed by atoms with Crippen molar-refractivity contribution >= 4 is 5.91 Å². The maximum absolute atomic E-state index is 12.9. The lowest BCUT2D eigenvalue weighted by atomic mass is 9.99. The van der Waals surface area contributed by atoms with Gasteiger partial charge in [-0.15, -0.1) is 0 Å². The molecule has 114 valence electrons. The van der Waals surface area contributed by atoms with Gasteiger partial charge in [-0.05, 0) is 29.7 Å². The molecule has 1 heterocycles. The second-order valence-corrected chi connectivity index (χ2v) is 5.28. The van der Waals surface area contributed by atoms with Crippen molar-refractivity contribution in [2.24, 2.45) is 0 Å². The number of carbonyl (C=O) groups is 1. The monoisotopic (exact) mass is 297 g/mol. The SMILES string of the molecule is COc1cccc(OC)c1C(=O)N1CCc2ccccc2C1. The van der Waals surface area contributed by atoms with E-state index in [1.165, 1.54) is 11.1 Å². The molecule has 22 heavy (non-hydrogen) atoms. The Labute approximate surface area is 130 Å². The van der Waals surface area contributed by atoms with E-state index in [4.69, 9.17) is 9.47 Å². The van der Waals surface area contributed by atoms with Gasteiger partial charge in [0, 0.05) is 13.1 Å². The Morgan fingerprint density at radius 3 is 2.23 bits per heavy atom. The summed E-state index contributed by atoms with van der Waals surface area (Å²) in [6, 6.07) is 13.6. The highest BCUT2D eigenvalue weighted by molar-refractivity contribution is 5.99. The van der Waals surface area contributed by atoms with Crippen LogP contribution in [0.15, 0.2) is 42.5 Å². The van der Waals surface area contributed by atoms with Crippen molar-refractivity contribution in [2.45, 2.75) is 13.0 Å². The highest BCUT2D eigenvalue weighted by atomic mass is 16.5. The van der Waals surface area contributed by atoms with Crippen LogP contribution in [-0.4, -0.2) is 31.6 Å². The van der Waals surface area contributed by atoms with Crippen molar-refractivity contribution in [3.8, 4) is 11.5 Å². The molecule has 0 saturated heterocycles. The molecule has 0 unspecified atom stereocenters.